The second-order valence-corrected chi connectivity index (χ2v) is 2.42. The van der Waals surface area contributed by atoms with Crippen LogP contribution in [-0.2, 0) is 17.1 Å². The van der Waals surface area contributed by atoms with Crippen LogP contribution in [0.15, 0.2) is 54.6 Å². The van der Waals surface area contributed by atoms with Crippen molar-refractivity contribution >= 4 is 5.97 Å². The summed E-state index contributed by atoms with van der Waals surface area (Å²) in [6, 6.07) is 16.3. The van der Waals surface area contributed by atoms with Crippen LogP contribution < -0.4 is 34.7 Å². The van der Waals surface area contributed by atoms with Crippen molar-refractivity contribution in [1.29, 1.82) is 0 Å². The molecule has 0 aliphatic rings. The number of carbonyl (C=O) groups excluding carboxylic acids is 1. The first kappa shape index (κ1) is 17.1. The van der Waals surface area contributed by atoms with Gasteiger partial charge in [-0.2, -0.15) is 12.1 Å². The predicted octanol–water partition coefficient (Wildman–Crippen LogP) is -1.82. The Balaban J connectivity index is 0. The minimum absolute atomic E-state index is 0. The van der Waals surface area contributed by atoms with E-state index in [-0.39, 0.29) is 52.2 Å². The SMILES string of the molecule is O=C([O-])[c-]1cccc1.[Fe].[Na+].[cH-]1[cH-][cH-][cH-][cH-]1. The van der Waals surface area contributed by atoms with Crippen molar-refractivity contribution in [1.82, 2.24) is 0 Å². The summed E-state index contributed by atoms with van der Waals surface area (Å²) in [6.07, 6.45) is 0. The van der Waals surface area contributed by atoms with Crippen molar-refractivity contribution in [3.63, 3.8) is 0 Å². The average molecular weight is 252 g/mol. The smallest absolute Gasteiger partial charge is 0.748 e. The summed E-state index contributed by atoms with van der Waals surface area (Å²) in [4.78, 5) is 9.95. The molecule has 0 aromatic heterocycles. The van der Waals surface area contributed by atoms with Crippen LogP contribution in [-0.4, -0.2) is 5.97 Å². The number of carboxylic acid groups (broad SMARTS) is 1. The van der Waals surface area contributed by atoms with Gasteiger partial charge in [-0.15, -0.1) is 5.56 Å². The molecule has 15 heavy (non-hydrogen) atoms. The third kappa shape index (κ3) is 7.60. The molecule has 0 unspecified atom stereocenters. The number of rotatable bonds is 1. The normalized spacial score (nSPS) is 7.47. The third-order valence-corrected chi connectivity index (χ3v) is 1.45. The predicted molar refractivity (Wildman–Crippen MR) is 48.4 cm³/mol. The molecule has 0 saturated heterocycles. The van der Waals surface area contributed by atoms with Gasteiger partial charge in [0.05, 0.1) is 0 Å². The summed E-state index contributed by atoms with van der Waals surface area (Å²) in [5, 5.41) is 9.95. The molecule has 0 aliphatic carbocycles. The first-order chi connectivity index (χ1) is 6.30. The van der Waals surface area contributed by atoms with Crippen molar-refractivity contribution in [2.24, 2.45) is 0 Å². The summed E-state index contributed by atoms with van der Waals surface area (Å²) >= 11 is 0. The van der Waals surface area contributed by atoms with Crippen molar-refractivity contribution in [2.45, 2.75) is 0 Å². The van der Waals surface area contributed by atoms with Crippen LogP contribution in [0.4, 0.5) is 0 Å². The number of carboxylic acids is 1. The van der Waals surface area contributed by atoms with Crippen LogP contribution in [0.3, 0.4) is 0 Å². The van der Waals surface area contributed by atoms with Crippen molar-refractivity contribution in [2.75, 3.05) is 0 Å². The zero-order valence-corrected chi connectivity index (χ0v) is 11.5. The summed E-state index contributed by atoms with van der Waals surface area (Å²) < 4.78 is 0. The molecule has 80 valence electrons. The molecular weight excluding hydrogens is 243 g/mol. The number of hydrogen-bond donors (Lipinski definition) is 0. The van der Waals surface area contributed by atoms with Gasteiger partial charge in [0.2, 0.25) is 0 Å². The Bertz CT molecular complexity index is 310. The van der Waals surface area contributed by atoms with Crippen LogP contribution >= 0.6 is 0 Å². The fraction of sp³-hybridized carbons (Fsp3) is 0. The molecule has 0 fully saturated rings. The van der Waals surface area contributed by atoms with Crippen molar-refractivity contribution in [3.8, 4) is 0 Å². The van der Waals surface area contributed by atoms with Gasteiger partial charge in [-0.05, 0) is 0 Å². The molecular formula is C11H9FeNaO2-6. The molecule has 0 radical (unpaired) electrons. The minimum atomic E-state index is -1.12. The Morgan fingerprint density at radius 1 is 1.00 bits per heavy atom. The van der Waals surface area contributed by atoms with Crippen LogP contribution in [0.5, 0.6) is 0 Å². The van der Waals surface area contributed by atoms with Gasteiger partial charge in [-0.3, -0.25) is 0 Å². The van der Waals surface area contributed by atoms with E-state index in [0.29, 0.717) is 0 Å². The monoisotopic (exact) mass is 252 g/mol. The zero-order valence-electron chi connectivity index (χ0n) is 8.37. The molecule has 0 spiro atoms. The molecule has 0 aliphatic heterocycles. The molecule has 2 nitrogen and oxygen atoms in total. The van der Waals surface area contributed by atoms with Crippen LogP contribution in [0.1, 0.15) is 10.4 Å². The quantitative estimate of drug-likeness (QED) is 0.442. The molecule has 2 rings (SSSR count). The van der Waals surface area contributed by atoms with Gasteiger partial charge in [0, 0.05) is 23.0 Å². The summed E-state index contributed by atoms with van der Waals surface area (Å²) in [5.74, 6) is -1.12. The minimum Gasteiger partial charge on any atom is -0.748 e. The van der Waals surface area contributed by atoms with E-state index in [1.165, 1.54) is 12.1 Å². The van der Waals surface area contributed by atoms with Crippen molar-refractivity contribution in [3.05, 3.63) is 60.2 Å². The van der Waals surface area contributed by atoms with Gasteiger partial charge in [-0.1, -0.05) is 0 Å². The third-order valence-electron chi connectivity index (χ3n) is 1.45. The van der Waals surface area contributed by atoms with E-state index in [4.69, 9.17) is 0 Å². The molecule has 0 atom stereocenters. The average Bonchev–Trinajstić information content (AvgIpc) is 2.82. The Kier molecular flexibility index (Phi) is 11.6. The number of hydrogen-bond acceptors (Lipinski definition) is 2. The fourth-order valence-electron chi connectivity index (χ4n) is 0.831. The van der Waals surface area contributed by atoms with Crippen LogP contribution in [0.2, 0.25) is 0 Å². The topological polar surface area (TPSA) is 40.1 Å². The molecule has 0 amide bonds. The Hall–Kier alpha value is -0.311. The van der Waals surface area contributed by atoms with Gasteiger partial charge < -0.3 is 40.2 Å². The first-order valence-corrected chi connectivity index (χ1v) is 3.90. The Labute approximate surface area is 122 Å². The zero-order chi connectivity index (χ0) is 9.52. The summed E-state index contributed by atoms with van der Waals surface area (Å²) in [6.45, 7) is 0. The fourth-order valence-corrected chi connectivity index (χ4v) is 0.831. The molecule has 2 aromatic carbocycles. The van der Waals surface area contributed by atoms with Gasteiger partial charge in [0.25, 0.3) is 0 Å². The van der Waals surface area contributed by atoms with E-state index in [2.05, 4.69) is 0 Å². The summed E-state index contributed by atoms with van der Waals surface area (Å²) in [7, 11) is 0. The molecule has 0 bridgehead atoms. The van der Waals surface area contributed by atoms with Gasteiger partial charge in [-0.25, -0.2) is 12.1 Å². The van der Waals surface area contributed by atoms with Gasteiger partial charge >= 0.3 is 29.6 Å². The first-order valence-electron chi connectivity index (χ1n) is 3.90. The molecule has 2 aromatic rings. The summed E-state index contributed by atoms with van der Waals surface area (Å²) in [5.41, 5.74) is 0.241. The van der Waals surface area contributed by atoms with E-state index >= 15 is 0 Å². The molecule has 4 heteroatoms. The maximum absolute atomic E-state index is 9.95. The molecule has 0 N–H and O–H groups in total. The van der Waals surface area contributed by atoms with Gasteiger partial charge in [0.15, 0.2) is 0 Å². The van der Waals surface area contributed by atoms with Gasteiger partial charge in [0.1, 0.15) is 0 Å². The van der Waals surface area contributed by atoms with E-state index in [0.717, 1.165) is 0 Å². The number of aromatic carboxylic acids is 1. The molecule has 0 heterocycles. The second kappa shape index (κ2) is 10.2. The maximum atomic E-state index is 9.95. The molecule has 0 saturated carbocycles. The van der Waals surface area contributed by atoms with Crippen molar-refractivity contribution < 1.29 is 56.5 Å². The maximum Gasteiger partial charge on any atom is 1.00 e. The van der Waals surface area contributed by atoms with Crippen LogP contribution in [0, 0.1) is 0 Å². The number of carbonyl (C=O) groups is 1. The van der Waals surface area contributed by atoms with E-state index < -0.39 is 5.97 Å². The largest absolute Gasteiger partial charge is 1.00 e. The van der Waals surface area contributed by atoms with Crippen LogP contribution in [0.25, 0.3) is 0 Å². The standard InChI is InChI=1S/C6H5O2.C5H5.Fe.Na/c7-6(8)5-3-1-2-4-5;1-2-4-5-3-1;;/h1-4H,(H,7,8);1-5H;;/q-1;-5;;+1/p-1. The Morgan fingerprint density at radius 2 is 1.33 bits per heavy atom. The van der Waals surface area contributed by atoms with E-state index in [1.807, 2.05) is 30.3 Å². The Morgan fingerprint density at radius 3 is 1.53 bits per heavy atom. The van der Waals surface area contributed by atoms with E-state index in [9.17, 15) is 9.90 Å². The van der Waals surface area contributed by atoms with E-state index in [1.54, 1.807) is 12.1 Å². The second-order valence-electron chi connectivity index (χ2n) is 2.42.